The highest BCUT2D eigenvalue weighted by molar-refractivity contribution is 6.34. The normalized spacial score (nSPS) is 10.3. The summed E-state index contributed by atoms with van der Waals surface area (Å²) in [6, 6.07) is 0. The highest BCUT2D eigenvalue weighted by Crippen LogP contribution is 2.33. The van der Waals surface area contributed by atoms with E-state index in [-0.39, 0.29) is 0 Å². The smallest absolute Gasteiger partial charge is 0.0688 e. The molecule has 0 spiro atoms. The van der Waals surface area contributed by atoms with E-state index in [0.29, 0.717) is 10.7 Å². The average molecular weight is 185 g/mol. The van der Waals surface area contributed by atoms with Gasteiger partial charge < -0.3 is 11.5 Å². The lowest BCUT2D eigenvalue weighted by Gasteiger charge is -2.13. The van der Waals surface area contributed by atoms with Gasteiger partial charge in [-0.15, -0.1) is 0 Å². The monoisotopic (exact) mass is 184 g/mol. The molecule has 0 saturated heterocycles. The quantitative estimate of drug-likeness (QED) is 0.609. The summed E-state index contributed by atoms with van der Waals surface area (Å²) in [5, 5.41) is 0.579. The number of hydrogen-bond donors (Lipinski definition) is 2. The molecule has 0 heterocycles. The first-order valence-electron chi connectivity index (χ1n) is 3.77. The van der Waals surface area contributed by atoms with Gasteiger partial charge in [0.1, 0.15) is 0 Å². The molecule has 0 aromatic heterocycles. The summed E-state index contributed by atoms with van der Waals surface area (Å²) < 4.78 is 0. The lowest BCUT2D eigenvalue weighted by atomic mass is 10.0. The second-order valence-corrected chi connectivity index (χ2v) is 3.39. The van der Waals surface area contributed by atoms with Gasteiger partial charge in [-0.1, -0.05) is 11.6 Å². The second kappa shape index (κ2) is 2.87. The van der Waals surface area contributed by atoms with Crippen LogP contribution in [0.25, 0.3) is 0 Å². The number of benzene rings is 1. The summed E-state index contributed by atoms with van der Waals surface area (Å²) in [7, 11) is 0. The van der Waals surface area contributed by atoms with Crippen LogP contribution < -0.4 is 11.5 Å². The second-order valence-electron chi connectivity index (χ2n) is 3.02. The SMILES string of the molecule is Cc1c(C)c(N)c(Cl)c(C)c1N. The van der Waals surface area contributed by atoms with E-state index in [9.17, 15) is 0 Å². The van der Waals surface area contributed by atoms with Crippen molar-refractivity contribution < 1.29 is 0 Å². The number of hydrogen-bond acceptors (Lipinski definition) is 2. The van der Waals surface area contributed by atoms with Gasteiger partial charge in [-0.3, -0.25) is 0 Å². The number of nitrogen functional groups attached to an aromatic ring is 2. The Kier molecular flexibility index (Phi) is 2.20. The molecular weight excluding hydrogens is 172 g/mol. The summed E-state index contributed by atoms with van der Waals surface area (Å²) >= 11 is 5.96. The molecule has 2 nitrogen and oxygen atoms in total. The summed E-state index contributed by atoms with van der Waals surface area (Å²) in [5.41, 5.74) is 15.8. The van der Waals surface area contributed by atoms with Crippen molar-refractivity contribution in [3.63, 3.8) is 0 Å². The van der Waals surface area contributed by atoms with Crippen molar-refractivity contribution >= 4 is 23.0 Å². The van der Waals surface area contributed by atoms with Crippen LogP contribution >= 0.6 is 11.6 Å². The summed E-state index contributed by atoms with van der Waals surface area (Å²) in [5.74, 6) is 0. The van der Waals surface area contributed by atoms with Crippen LogP contribution in [0.1, 0.15) is 16.7 Å². The van der Waals surface area contributed by atoms with Gasteiger partial charge in [0.25, 0.3) is 0 Å². The zero-order chi connectivity index (χ0) is 9.46. The predicted octanol–water partition coefficient (Wildman–Crippen LogP) is 2.43. The first-order valence-corrected chi connectivity index (χ1v) is 4.14. The third kappa shape index (κ3) is 1.12. The fraction of sp³-hybridized carbons (Fsp3) is 0.333. The van der Waals surface area contributed by atoms with E-state index in [4.69, 9.17) is 23.1 Å². The van der Waals surface area contributed by atoms with Gasteiger partial charge in [-0.05, 0) is 37.5 Å². The van der Waals surface area contributed by atoms with Gasteiger partial charge in [0.15, 0.2) is 0 Å². The highest BCUT2D eigenvalue weighted by Gasteiger charge is 2.10. The molecule has 1 aromatic rings. The molecule has 4 N–H and O–H groups in total. The Balaban J connectivity index is 3.60. The first kappa shape index (κ1) is 9.20. The molecule has 0 fully saturated rings. The zero-order valence-electron chi connectivity index (χ0n) is 7.53. The van der Waals surface area contributed by atoms with Gasteiger partial charge in [-0.25, -0.2) is 0 Å². The van der Waals surface area contributed by atoms with Crippen LogP contribution in [-0.2, 0) is 0 Å². The molecule has 0 bridgehead atoms. The standard InChI is InChI=1S/C9H13ClN2/c1-4-5(2)9(12)7(10)6(3)8(4)11/h11-12H2,1-3H3. The van der Waals surface area contributed by atoms with E-state index < -0.39 is 0 Å². The van der Waals surface area contributed by atoms with Crippen LogP contribution in [0.5, 0.6) is 0 Å². The molecule has 0 aliphatic carbocycles. The molecule has 0 atom stereocenters. The van der Waals surface area contributed by atoms with Crippen molar-refractivity contribution in [3.8, 4) is 0 Å². The van der Waals surface area contributed by atoms with Crippen LogP contribution in [-0.4, -0.2) is 0 Å². The van der Waals surface area contributed by atoms with Gasteiger partial charge in [0.05, 0.1) is 10.7 Å². The Labute approximate surface area is 77.5 Å². The van der Waals surface area contributed by atoms with E-state index >= 15 is 0 Å². The summed E-state index contributed by atoms with van der Waals surface area (Å²) in [4.78, 5) is 0. The Morgan fingerprint density at radius 2 is 1.25 bits per heavy atom. The number of nitrogens with two attached hydrogens (primary N) is 2. The van der Waals surface area contributed by atoms with Crippen LogP contribution in [0.4, 0.5) is 11.4 Å². The number of rotatable bonds is 0. The summed E-state index contributed by atoms with van der Waals surface area (Å²) in [6.07, 6.45) is 0. The lowest BCUT2D eigenvalue weighted by Crippen LogP contribution is -2.02. The van der Waals surface area contributed by atoms with Crippen molar-refractivity contribution in [2.45, 2.75) is 20.8 Å². The van der Waals surface area contributed by atoms with E-state index in [1.54, 1.807) is 0 Å². The average Bonchev–Trinajstić information content (AvgIpc) is 2.08. The van der Waals surface area contributed by atoms with Gasteiger partial charge in [-0.2, -0.15) is 0 Å². The van der Waals surface area contributed by atoms with Crippen molar-refractivity contribution in [2.24, 2.45) is 0 Å². The maximum absolute atomic E-state index is 5.96. The number of halogens is 1. The van der Waals surface area contributed by atoms with Crippen LogP contribution in [0.3, 0.4) is 0 Å². The van der Waals surface area contributed by atoms with Gasteiger partial charge >= 0.3 is 0 Å². The topological polar surface area (TPSA) is 52.0 Å². The molecule has 1 aromatic carbocycles. The van der Waals surface area contributed by atoms with Crippen LogP contribution in [0.2, 0.25) is 5.02 Å². The molecule has 0 amide bonds. The molecule has 0 aliphatic heterocycles. The Morgan fingerprint density at radius 1 is 0.833 bits per heavy atom. The zero-order valence-corrected chi connectivity index (χ0v) is 8.29. The largest absolute Gasteiger partial charge is 0.398 e. The van der Waals surface area contributed by atoms with E-state index in [1.807, 2.05) is 20.8 Å². The minimum Gasteiger partial charge on any atom is -0.398 e. The summed E-state index contributed by atoms with van der Waals surface area (Å²) in [6.45, 7) is 5.75. The van der Waals surface area contributed by atoms with E-state index in [2.05, 4.69) is 0 Å². The van der Waals surface area contributed by atoms with Crippen molar-refractivity contribution in [2.75, 3.05) is 11.5 Å². The maximum Gasteiger partial charge on any atom is 0.0688 e. The Morgan fingerprint density at radius 3 is 1.75 bits per heavy atom. The van der Waals surface area contributed by atoms with E-state index in [1.165, 1.54) is 0 Å². The molecule has 12 heavy (non-hydrogen) atoms. The molecule has 1 rings (SSSR count). The maximum atomic E-state index is 5.96. The van der Waals surface area contributed by atoms with Crippen LogP contribution in [0, 0.1) is 20.8 Å². The third-order valence-electron chi connectivity index (χ3n) is 2.34. The Hall–Kier alpha value is -0.890. The molecule has 66 valence electrons. The van der Waals surface area contributed by atoms with Gasteiger partial charge in [0.2, 0.25) is 0 Å². The molecule has 0 radical (unpaired) electrons. The van der Waals surface area contributed by atoms with Crippen molar-refractivity contribution in [1.29, 1.82) is 0 Å². The minimum absolute atomic E-state index is 0.579. The lowest BCUT2D eigenvalue weighted by molar-refractivity contribution is 1.31. The van der Waals surface area contributed by atoms with Crippen molar-refractivity contribution in [3.05, 3.63) is 21.7 Å². The third-order valence-corrected chi connectivity index (χ3v) is 2.83. The fourth-order valence-corrected chi connectivity index (χ4v) is 1.41. The van der Waals surface area contributed by atoms with Crippen molar-refractivity contribution in [1.82, 2.24) is 0 Å². The minimum atomic E-state index is 0.579. The fourth-order valence-electron chi connectivity index (χ4n) is 1.17. The highest BCUT2D eigenvalue weighted by atomic mass is 35.5. The number of anilines is 2. The first-order chi connectivity index (χ1) is 5.46. The van der Waals surface area contributed by atoms with Crippen LogP contribution in [0.15, 0.2) is 0 Å². The molecule has 0 aliphatic rings. The molecule has 3 heteroatoms. The molecule has 0 saturated carbocycles. The van der Waals surface area contributed by atoms with E-state index in [0.717, 1.165) is 22.4 Å². The van der Waals surface area contributed by atoms with Gasteiger partial charge in [0, 0.05) is 5.69 Å². The molecular formula is C9H13ClN2. The predicted molar refractivity (Wildman–Crippen MR) is 54.5 cm³/mol. The molecule has 0 unspecified atom stereocenters. The Bertz CT molecular complexity index is 227.